The third-order valence-corrected chi connectivity index (χ3v) is 3.97. The fourth-order valence-electron chi connectivity index (χ4n) is 2.59. The summed E-state index contributed by atoms with van der Waals surface area (Å²) in [5.41, 5.74) is 0. The Morgan fingerprint density at radius 1 is 1.29 bits per heavy atom. The zero-order chi connectivity index (χ0) is 15.8. The number of nitrogens with one attached hydrogen (secondary N) is 1. The monoisotopic (exact) mass is 300 g/mol. The maximum absolute atomic E-state index is 11.9. The highest BCUT2D eigenvalue weighted by Crippen LogP contribution is 2.29. The summed E-state index contributed by atoms with van der Waals surface area (Å²) in [5.74, 6) is -1.55. The summed E-state index contributed by atoms with van der Waals surface area (Å²) in [7, 11) is 2.89. The molecule has 1 aliphatic rings. The zero-order valence-electron chi connectivity index (χ0n) is 12.6. The number of methoxy groups -OCH3 is 1. The number of ether oxygens (including phenoxy) is 1. The number of hydrogen-bond acceptors (Lipinski definition) is 4. The van der Waals surface area contributed by atoms with E-state index in [1.165, 1.54) is 12.0 Å². The van der Waals surface area contributed by atoms with Crippen molar-refractivity contribution in [2.24, 2.45) is 11.8 Å². The first-order valence-electron chi connectivity index (χ1n) is 7.24. The number of nitrogens with zero attached hydrogens (tertiary/aromatic N) is 1. The summed E-state index contributed by atoms with van der Waals surface area (Å²) in [6.07, 6.45) is 3.57. The number of hydrogen-bond donors (Lipinski definition) is 2. The molecule has 21 heavy (non-hydrogen) atoms. The molecule has 0 radical (unpaired) electrons. The van der Waals surface area contributed by atoms with Crippen molar-refractivity contribution in [3.63, 3.8) is 0 Å². The number of rotatable bonds is 6. The number of carboxylic acids is 1. The number of carbonyl (C=O) groups is 3. The number of esters is 1. The lowest BCUT2D eigenvalue weighted by atomic mass is 9.79. The second-order valence-corrected chi connectivity index (χ2v) is 5.42. The van der Waals surface area contributed by atoms with Gasteiger partial charge in [-0.25, -0.2) is 4.79 Å². The molecule has 0 saturated heterocycles. The molecular weight excluding hydrogens is 276 g/mol. The van der Waals surface area contributed by atoms with Crippen LogP contribution in [0.5, 0.6) is 0 Å². The molecule has 120 valence electrons. The molecule has 2 unspecified atom stereocenters. The van der Waals surface area contributed by atoms with Gasteiger partial charge in [0.15, 0.2) is 0 Å². The maximum atomic E-state index is 11.9. The van der Waals surface area contributed by atoms with Gasteiger partial charge in [-0.2, -0.15) is 0 Å². The van der Waals surface area contributed by atoms with Crippen molar-refractivity contribution < 1.29 is 24.2 Å². The summed E-state index contributed by atoms with van der Waals surface area (Å²) in [5, 5.41) is 11.9. The van der Waals surface area contributed by atoms with Gasteiger partial charge in [0, 0.05) is 20.1 Å². The van der Waals surface area contributed by atoms with Crippen LogP contribution in [0.1, 0.15) is 32.1 Å². The van der Waals surface area contributed by atoms with E-state index in [1.54, 1.807) is 7.05 Å². The van der Waals surface area contributed by atoms with Gasteiger partial charge in [0.2, 0.25) is 0 Å². The molecular formula is C14H24N2O5. The molecule has 7 nitrogen and oxygen atoms in total. The normalized spacial score (nSPS) is 21.4. The number of aliphatic carboxylic acids is 1. The minimum absolute atomic E-state index is 0.0193. The van der Waals surface area contributed by atoms with E-state index in [4.69, 9.17) is 0 Å². The minimum atomic E-state index is -0.784. The van der Waals surface area contributed by atoms with Crippen LogP contribution in [0, 0.1) is 11.8 Å². The predicted octanol–water partition coefficient (Wildman–Crippen LogP) is 1.08. The van der Waals surface area contributed by atoms with Gasteiger partial charge in [-0.15, -0.1) is 0 Å². The van der Waals surface area contributed by atoms with Gasteiger partial charge < -0.3 is 20.1 Å². The summed E-state index contributed by atoms with van der Waals surface area (Å²) in [4.78, 5) is 35.5. The molecule has 1 fully saturated rings. The van der Waals surface area contributed by atoms with Crippen LogP contribution in [0.4, 0.5) is 4.79 Å². The van der Waals surface area contributed by atoms with Crippen molar-refractivity contribution in [3.8, 4) is 0 Å². The topological polar surface area (TPSA) is 95.9 Å². The zero-order valence-corrected chi connectivity index (χ0v) is 12.6. The molecule has 1 rings (SSSR count). The number of urea groups is 1. The van der Waals surface area contributed by atoms with E-state index < -0.39 is 5.97 Å². The molecule has 2 N–H and O–H groups in total. The van der Waals surface area contributed by atoms with Gasteiger partial charge >= 0.3 is 18.0 Å². The minimum Gasteiger partial charge on any atom is -0.481 e. The van der Waals surface area contributed by atoms with Gasteiger partial charge in [-0.1, -0.05) is 12.8 Å². The third-order valence-electron chi connectivity index (χ3n) is 3.97. The van der Waals surface area contributed by atoms with Crippen LogP contribution < -0.4 is 5.32 Å². The van der Waals surface area contributed by atoms with Crippen LogP contribution >= 0.6 is 0 Å². The fourth-order valence-corrected chi connectivity index (χ4v) is 2.59. The third kappa shape index (κ3) is 5.61. The van der Waals surface area contributed by atoms with E-state index in [2.05, 4.69) is 10.1 Å². The van der Waals surface area contributed by atoms with Crippen molar-refractivity contribution in [2.45, 2.75) is 32.1 Å². The van der Waals surface area contributed by atoms with E-state index in [0.29, 0.717) is 13.0 Å². The molecule has 0 aromatic rings. The number of carboxylic acid groups (broad SMARTS) is 1. The smallest absolute Gasteiger partial charge is 0.317 e. The Morgan fingerprint density at radius 2 is 1.95 bits per heavy atom. The Morgan fingerprint density at radius 3 is 2.57 bits per heavy atom. The predicted molar refractivity (Wildman–Crippen MR) is 75.7 cm³/mol. The van der Waals surface area contributed by atoms with Crippen molar-refractivity contribution >= 4 is 18.0 Å². The Labute approximate surface area is 124 Å². The molecule has 0 aromatic heterocycles. The highest BCUT2D eigenvalue weighted by atomic mass is 16.5. The van der Waals surface area contributed by atoms with E-state index >= 15 is 0 Å². The Kier molecular flexibility index (Phi) is 6.98. The van der Waals surface area contributed by atoms with Crippen molar-refractivity contribution in [1.29, 1.82) is 0 Å². The average molecular weight is 300 g/mol. The van der Waals surface area contributed by atoms with E-state index in [-0.39, 0.29) is 36.8 Å². The molecule has 0 aromatic carbocycles. The van der Waals surface area contributed by atoms with Gasteiger partial charge in [-0.05, 0) is 18.8 Å². The Hall–Kier alpha value is -1.79. The Bertz CT molecular complexity index is 386. The van der Waals surface area contributed by atoms with Gasteiger partial charge in [0.25, 0.3) is 0 Å². The second kappa shape index (κ2) is 8.49. The maximum Gasteiger partial charge on any atom is 0.317 e. The Balaban J connectivity index is 2.36. The molecule has 0 aliphatic heterocycles. The fraction of sp³-hybridized carbons (Fsp3) is 0.786. The van der Waals surface area contributed by atoms with Crippen LogP contribution in [-0.4, -0.2) is 55.2 Å². The summed E-state index contributed by atoms with van der Waals surface area (Å²) < 4.78 is 4.51. The summed E-state index contributed by atoms with van der Waals surface area (Å²) in [6, 6.07) is -0.298. The first-order chi connectivity index (χ1) is 9.95. The van der Waals surface area contributed by atoms with E-state index in [1.807, 2.05) is 0 Å². The molecule has 0 bridgehead atoms. The van der Waals surface area contributed by atoms with Gasteiger partial charge in [-0.3, -0.25) is 9.59 Å². The molecule has 2 atom stereocenters. The molecule has 0 heterocycles. The summed E-state index contributed by atoms with van der Waals surface area (Å²) in [6.45, 7) is 0.629. The number of carbonyl (C=O) groups excluding carboxylic acids is 2. The first kappa shape index (κ1) is 17.3. The highest BCUT2D eigenvalue weighted by molar-refractivity contribution is 5.75. The molecule has 1 saturated carbocycles. The SMILES string of the molecule is COC(=O)CCN(C)C(=O)NCC1CCCCC1C(=O)O. The largest absolute Gasteiger partial charge is 0.481 e. The van der Waals surface area contributed by atoms with Crippen LogP contribution in [-0.2, 0) is 14.3 Å². The first-order valence-corrected chi connectivity index (χ1v) is 7.24. The van der Waals surface area contributed by atoms with E-state index in [9.17, 15) is 19.5 Å². The summed E-state index contributed by atoms with van der Waals surface area (Å²) >= 11 is 0. The van der Waals surface area contributed by atoms with Crippen molar-refractivity contribution in [2.75, 3.05) is 27.2 Å². The molecule has 7 heteroatoms. The van der Waals surface area contributed by atoms with Crippen LogP contribution in [0.15, 0.2) is 0 Å². The lowest BCUT2D eigenvalue weighted by molar-refractivity contribution is -0.145. The van der Waals surface area contributed by atoms with Gasteiger partial charge in [0.1, 0.15) is 0 Å². The van der Waals surface area contributed by atoms with E-state index in [0.717, 1.165) is 19.3 Å². The lowest BCUT2D eigenvalue weighted by Gasteiger charge is -2.29. The number of amides is 2. The van der Waals surface area contributed by atoms with Crippen molar-refractivity contribution in [3.05, 3.63) is 0 Å². The standard InChI is InChI=1S/C14H24N2O5/c1-16(8-7-12(17)21-2)14(20)15-9-10-5-3-4-6-11(10)13(18)19/h10-11H,3-9H2,1-2H3,(H,15,20)(H,18,19). The average Bonchev–Trinajstić information content (AvgIpc) is 2.49. The quantitative estimate of drug-likeness (QED) is 0.716. The molecule has 1 aliphatic carbocycles. The molecule has 2 amide bonds. The second-order valence-electron chi connectivity index (χ2n) is 5.42. The van der Waals surface area contributed by atoms with Gasteiger partial charge in [0.05, 0.1) is 19.4 Å². The highest BCUT2D eigenvalue weighted by Gasteiger charge is 2.31. The van der Waals surface area contributed by atoms with Crippen molar-refractivity contribution in [1.82, 2.24) is 10.2 Å². The molecule has 0 spiro atoms. The lowest BCUT2D eigenvalue weighted by Crippen LogP contribution is -2.43. The van der Waals surface area contributed by atoms with Crippen LogP contribution in [0.25, 0.3) is 0 Å². The van der Waals surface area contributed by atoms with Crippen LogP contribution in [0.2, 0.25) is 0 Å². The van der Waals surface area contributed by atoms with Crippen LogP contribution in [0.3, 0.4) is 0 Å².